The molecule has 0 N–H and O–H groups in total. The van der Waals surface area contributed by atoms with Crippen LogP contribution in [0.5, 0.6) is 5.75 Å². The van der Waals surface area contributed by atoms with Gasteiger partial charge in [-0.3, -0.25) is 9.59 Å². The van der Waals surface area contributed by atoms with Gasteiger partial charge in [0.05, 0.1) is 6.42 Å². The van der Waals surface area contributed by atoms with E-state index in [1.54, 1.807) is 63.3 Å². The molecule has 0 spiro atoms. The number of esters is 3. The molecule has 0 aliphatic heterocycles. The van der Waals surface area contributed by atoms with Gasteiger partial charge in [-0.15, -0.1) is 0 Å². The van der Waals surface area contributed by atoms with Gasteiger partial charge in [-0.2, -0.15) is 0 Å². The van der Waals surface area contributed by atoms with Crippen LogP contribution in [0.1, 0.15) is 89.4 Å². The molecule has 6 nitrogen and oxygen atoms in total. The van der Waals surface area contributed by atoms with E-state index < -0.39 is 29.4 Å². The summed E-state index contributed by atoms with van der Waals surface area (Å²) in [6, 6.07) is 6.41. The summed E-state index contributed by atoms with van der Waals surface area (Å²) in [5.74, 6) is -2.18. The standard InChI is InChI=1S/C39H48O6/c1-5-6-7-8-9-10-11-12-13-14-15-16-17-18-19-20-21-22-31-36(40)43-34-29-25-23-27-32(34)37(41)44-35-30-26-24-28-33(35)38(42)45-39(2,3)4/h6-7,9-10,12-13,15-16,18-19,21-26,28-30,32H,5,8,11,14,17,20,27,31H2,1-4H3/b7-6-,10-9-,13-12-,16-15-,19-18-,22-21-. The highest BCUT2D eigenvalue weighted by atomic mass is 16.6. The zero-order valence-electron chi connectivity index (χ0n) is 27.2. The van der Waals surface area contributed by atoms with Crippen LogP contribution in [-0.2, 0) is 19.1 Å². The fraction of sp³-hybridized carbons (Fsp3) is 0.359. The van der Waals surface area contributed by atoms with Gasteiger partial charge in [0.1, 0.15) is 28.6 Å². The summed E-state index contributed by atoms with van der Waals surface area (Å²) in [4.78, 5) is 38.2. The van der Waals surface area contributed by atoms with Crippen LogP contribution in [-0.4, -0.2) is 23.5 Å². The second-order valence-electron chi connectivity index (χ2n) is 11.3. The van der Waals surface area contributed by atoms with Gasteiger partial charge in [0.2, 0.25) is 0 Å². The molecule has 240 valence electrons. The normalized spacial score (nSPS) is 15.6. The highest BCUT2D eigenvalue weighted by Gasteiger charge is 2.30. The zero-order chi connectivity index (χ0) is 32.8. The SMILES string of the molecule is CC/C=C\C/C=C\C/C=C\C/C=C\C/C=C\C/C=C\CC(=O)OC1=CC=CCC1C(=O)Oc1ccccc1C(=O)OC(C)(C)C. The van der Waals surface area contributed by atoms with Gasteiger partial charge in [0.15, 0.2) is 0 Å². The van der Waals surface area contributed by atoms with Gasteiger partial charge in [0.25, 0.3) is 0 Å². The molecular weight excluding hydrogens is 564 g/mol. The third-order valence-corrected chi connectivity index (χ3v) is 6.23. The van der Waals surface area contributed by atoms with E-state index in [1.807, 2.05) is 6.08 Å². The van der Waals surface area contributed by atoms with E-state index in [1.165, 1.54) is 6.07 Å². The van der Waals surface area contributed by atoms with Crippen molar-refractivity contribution < 1.29 is 28.6 Å². The van der Waals surface area contributed by atoms with Crippen molar-refractivity contribution >= 4 is 17.9 Å². The van der Waals surface area contributed by atoms with Gasteiger partial charge in [0, 0.05) is 0 Å². The van der Waals surface area contributed by atoms with Crippen LogP contribution in [0.4, 0.5) is 0 Å². The lowest BCUT2D eigenvalue weighted by molar-refractivity contribution is -0.143. The molecule has 2 rings (SSSR count). The van der Waals surface area contributed by atoms with E-state index in [4.69, 9.17) is 14.2 Å². The minimum atomic E-state index is -0.809. The molecule has 1 aromatic carbocycles. The van der Waals surface area contributed by atoms with Gasteiger partial charge in [-0.25, -0.2) is 4.79 Å². The summed E-state index contributed by atoms with van der Waals surface area (Å²) in [5, 5.41) is 0. The fourth-order valence-electron chi connectivity index (χ4n) is 4.04. The first-order valence-corrected chi connectivity index (χ1v) is 15.7. The molecule has 0 amide bonds. The first kappa shape index (κ1) is 36.7. The molecule has 1 atom stereocenters. The van der Waals surface area contributed by atoms with Crippen LogP contribution in [0.25, 0.3) is 0 Å². The van der Waals surface area contributed by atoms with Crippen molar-refractivity contribution in [3.63, 3.8) is 0 Å². The van der Waals surface area contributed by atoms with Crippen molar-refractivity contribution in [2.75, 3.05) is 0 Å². The Balaban J connectivity index is 1.73. The fourth-order valence-corrected chi connectivity index (χ4v) is 4.04. The molecular formula is C39H48O6. The van der Waals surface area contributed by atoms with Crippen LogP contribution >= 0.6 is 0 Å². The zero-order valence-corrected chi connectivity index (χ0v) is 27.2. The first-order valence-electron chi connectivity index (χ1n) is 15.7. The number of benzene rings is 1. The molecule has 1 unspecified atom stereocenters. The Kier molecular flexibility index (Phi) is 17.4. The maximum Gasteiger partial charge on any atom is 0.342 e. The maximum atomic E-state index is 13.1. The second kappa shape index (κ2) is 21.3. The average molecular weight is 613 g/mol. The summed E-state index contributed by atoms with van der Waals surface area (Å²) in [6.45, 7) is 7.43. The van der Waals surface area contributed by atoms with E-state index in [0.717, 1.165) is 32.1 Å². The Bertz CT molecular complexity index is 1330. The Morgan fingerprint density at radius 1 is 0.756 bits per heavy atom. The molecule has 6 heteroatoms. The number of carbonyl (C=O) groups is 3. The molecule has 0 fully saturated rings. The van der Waals surface area contributed by atoms with Crippen molar-refractivity contribution in [3.8, 4) is 5.75 Å². The van der Waals surface area contributed by atoms with Crippen molar-refractivity contribution in [3.05, 3.63) is 127 Å². The number of para-hydroxylation sites is 1. The van der Waals surface area contributed by atoms with E-state index in [9.17, 15) is 14.4 Å². The first-order chi connectivity index (χ1) is 21.7. The highest BCUT2D eigenvalue weighted by Crippen LogP contribution is 2.27. The van der Waals surface area contributed by atoms with E-state index in [2.05, 4.69) is 67.7 Å². The molecule has 1 aliphatic rings. The number of rotatable bonds is 17. The molecule has 0 radical (unpaired) electrons. The molecule has 45 heavy (non-hydrogen) atoms. The molecule has 0 bridgehead atoms. The van der Waals surface area contributed by atoms with Crippen LogP contribution in [0.3, 0.4) is 0 Å². The topological polar surface area (TPSA) is 78.9 Å². The molecule has 0 aromatic heterocycles. The Hall–Kier alpha value is -4.45. The largest absolute Gasteiger partial charge is 0.456 e. The van der Waals surface area contributed by atoms with Gasteiger partial charge in [-0.1, -0.05) is 104 Å². The van der Waals surface area contributed by atoms with Crippen LogP contribution in [0.2, 0.25) is 0 Å². The summed E-state index contributed by atoms with van der Waals surface area (Å²) in [6.07, 6.45) is 36.2. The summed E-state index contributed by atoms with van der Waals surface area (Å²) >= 11 is 0. The number of allylic oxidation sites excluding steroid dienone is 14. The van der Waals surface area contributed by atoms with Crippen molar-refractivity contribution in [2.45, 2.75) is 84.7 Å². The predicted octanol–water partition coefficient (Wildman–Crippen LogP) is 9.64. The van der Waals surface area contributed by atoms with Gasteiger partial charge < -0.3 is 14.2 Å². The van der Waals surface area contributed by atoms with E-state index in [0.29, 0.717) is 12.8 Å². The predicted molar refractivity (Wildman–Crippen MR) is 182 cm³/mol. The minimum Gasteiger partial charge on any atom is -0.456 e. The third-order valence-electron chi connectivity index (χ3n) is 6.23. The lowest BCUT2D eigenvalue weighted by Gasteiger charge is -2.22. The van der Waals surface area contributed by atoms with E-state index in [-0.39, 0.29) is 23.5 Å². The van der Waals surface area contributed by atoms with Crippen molar-refractivity contribution in [1.29, 1.82) is 0 Å². The summed E-state index contributed by atoms with van der Waals surface area (Å²) in [7, 11) is 0. The monoisotopic (exact) mass is 612 g/mol. The molecule has 1 aliphatic carbocycles. The lowest BCUT2D eigenvalue weighted by Crippen LogP contribution is -2.27. The van der Waals surface area contributed by atoms with Crippen molar-refractivity contribution in [1.82, 2.24) is 0 Å². The van der Waals surface area contributed by atoms with Crippen LogP contribution in [0.15, 0.2) is 121 Å². The Labute approximate surface area is 269 Å². The van der Waals surface area contributed by atoms with Crippen LogP contribution in [0, 0.1) is 5.92 Å². The number of hydrogen-bond acceptors (Lipinski definition) is 6. The lowest BCUT2D eigenvalue weighted by atomic mass is 9.98. The van der Waals surface area contributed by atoms with Crippen LogP contribution < -0.4 is 4.74 Å². The van der Waals surface area contributed by atoms with Crippen molar-refractivity contribution in [2.24, 2.45) is 5.92 Å². The summed E-state index contributed by atoms with van der Waals surface area (Å²) < 4.78 is 16.6. The Morgan fingerprint density at radius 2 is 1.29 bits per heavy atom. The number of ether oxygens (including phenoxy) is 3. The van der Waals surface area contributed by atoms with Gasteiger partial charge >= 0.3 is 17.9 Å². The Morgan fingerprint density at radius 3 is 1.84 bits per heavy atom. The van der Waals surface area contributed by atoms with E-state index >= 15 is 0 Å². The molecule has 0 heterocycles. The maximum absolute atomic E-state index is 13.1. The quantitative estimate of drug-likeness (QED) is 0.0990. The minimum absolute atomic E-state index is 0.0784. The second-order valence-corrected chi connectivity index (χ2v) is 11.3. The third kappa shape index (κ3) is 16.3. The number of carbonyl (C=O) groups excluding carboxylic acids is 3. The van der Waals surface area contributed by atoms with Gasteiger partial charge in [-0.05, 0) is 83.9 Å². The average Bonchev–Trinajstić information content (AvgIpc) is 3.00. The smallest absolute Gasteiger partial charge is 0.342 e. The summed E-state index contributed by atoms with van der Waals surface area (Å²) in [5.41, 5.74) is -0.553. The molecule has 0 saturated heterocycles. The number of hydrogen-bond donors (Lipinski definition) is 0. The molecule has 0 saturated carbocycles. The highest BCUT2D eigenvalue weighted by molar-refractivity contribution is 5.94. The molecule has 1 aromatic rings.